The first-order valence-corrected chi connectivity index (χ1v) is 16.4. The molecule has 48 heavy (non-hydrogen) atoms. The Bertz CT molecular complexity index is 1690. The summed E-state index contributed by atoms with van der Waals surface area (Å²) in [7, 11) is -4.49. The molecule has 0 unspecified atom stereocenters. The van der Waals surface area contributed by atoms with Crippen molar-refractivity contribution in [3.63, 3.8) is 0 Å². The van der Waals surface area contributed by atoms with Crippen molar-refractivity contribution in [2.24, 2.45) is 11.3 Å². The fourth-order valence-electron chi connectivity index (χ4n) is 5.74. The summed E-state index contributed by atoms with van der Waals surface area (Å²) in [6.07, 6.45) is 0.873. The minimum Gasteiger partial charge on any atom is -0.496 e. The highest BCUT2D eigenvalue weighted by Crippen LogP contribution is 2.39. The number of carboxylic acids is 1. The molecule has 2 aliphatic rings. The molecule has 12 nitrogen and oxygen atoms in total. The minimum atomic E-state index is -5.70. The Morgan fingerprint density at radius 1 is 1.04 bits per heavy atom. The Morgan fingerprint density at radius 3 is 2.29 bits per heavy atom. The molecule has 262 valence electrons. The van der Waals surface area contributed by atoms with E-state index in [1.54, 1.807) is 6.92 Å². The molecule has 1 aliphatic carbocycles. The molecule has 1 aliphatic heterocycles. The number of methoxy groups -OCH3 is 1. The highest BCUT2D eigenvalue weighted by atomic mass is 32.2. The molecule has 1 heterocycles. The maximum atomic E-state index is 15.0. The van der Waals surface area contributed by atoms with Gasteiger partial charge in [-0.15, -0.1) is 0 Å². The number of aliphatic carboxylic acids is 1. The first kappa shape index (κ1) is 36.4. The molecule has 0 radical (unpaired) electrons. The molecule has 0 bridgehead atoms. The van der Waals surface area contributed by atoms with E-state index in [4.69, 9.17) is 9.47 Å². The fourth-order valence-corrected chi connectivity index (χ4v) is 6.55. The Hall–Kier alpha value is -4.41. The molecule has 0 aromatic heterocycles. The Balaban J connectivity index is 1.55. The molecule has 2 atom stereocenters. The van der Waals surface area contributed by atoms with Gasteiger partial charge in [0.2, 0.25) is 11.8 Å². The lowest BCUT2D eigenvalue weighted by atomic mass is 9.75. The quantitative estimate of drug-likeness (QED) is 0.326. The zero-order valence-corrected chi connectivity index (χ0v) is 27.0. The third-order valence-electron chi connectivity index (χ3n) is 8.77. The van der Waals surface area contributed by atoms with Gasteiger partial charge in [0, 0.05) is 37.8 Å². The maximum absolute atomic E-state index is 15.0. The molecule has 17 heteroatoms. The number of carbonyl (C=O) groups is 4. The largest absolute Gasteiger partial charge is 0.501 e. The number of nitrogens with one attached hydrogen (secondary N) is 2. The van der Waals surface area contributed by atoms with Crippen molar-refractivity contribution in [2.75, 3.05) is 25.5 Å². The van der Waals surface area contributed by atoms with E-state index >= 15 is 4.39 Å². The summed E-state index contributed by atoms with van der Waals surface area (Å²) in [6.45, 7) is 2.87. The van der Waals surface area contributed by atoms with Gasteiger partial charge in [-0.1, -0.05) is 6.07 Å². The number of carboxylic acid groups (broad SMARTS) is 1. The van der Waals surface area contributed by atoms with E-state index in [0.717, 1.165) is 24.3 Å². The van der Waals surface area contributed by atoms with Crippen LogP contribution in [0.3, 0.4) is 0 Å². The van der Waals surface area contributed by atoms with E-state index in [2.05, 4.69) is 10.6 Å². The second-order valence-electron chi connectivity index (χ2n) is 12.1. The molecule has 3 amide bonds. The number of likely N-dealkylation sites (tertiary alicyclic amines) is 1. The standard InChI is InChI=1S/C31H35F4N3O9S/c1-17(39)38-12-9-24(22(16-38)28(41)36-18-5-4-6-20(13-18)48(44,45)31(33,34)35)37-27(40)21-14-26(23(32)15-25(21)46-3)47-19-7-10-30(2,11-8-19)29(42)43/h4-6,13-15,19,22,24H,7-12,16H2,1-3H3,(H,36,41)(H,37,40)(H,42,43)/t19-,22-,24+,30+/m1/s1. The van der Waals surface area contributed by atoms with Gasteiger partial charge in [-0.05, 0) is 63.3 Å². The van der Waals surface area contributed by atoms with Gasteiger partial charge >= 0.3 is 11.5 Å². The van der Waals surface area contributed by atoms with E-state index in [0.29, 0.717) is 31.7 Å². The van der Waals surface area contributed by atoms with E-state index in [-0.39, 0.29) is 48.2 Å². The SMILES string of the molecule is COc1cc(F)c(O[C@H]2CC[C@@](C)(C(=O)O)CC2)cc1C(=O)N[C@H]1CCN(C(C)=O)C[C@H]1C(=O)Nc1cccc(S(=O)(=O)C(F)(F)F)c1. The Kier molecular flexibility index (Phi) is 10.6. The first-order valence-electron chi connectivity index (χ1n) is 14.9. The number of benzene rings is 2. The zero-order valence-electron chi connectivity index (χ0n) is 26.2. The zero-order chi connectivity index (χ0) is 35.6. The number of hydrogen-bond donors (Lipinski definition) is 3. The Morgan fingerprint density at radius 2 is 1.71 bits per heavy atom. The maximum Gasteiger partial charge on any atom is 0.501 e. The van der Waals surface area contributed by atoms with Gasteiger partial charge < -0.3 is 30.1 Å². The number of nitrogens with zero attached hydrogens (tertiary/aromatic N) is 1. The lowest BCUT2D eigenvalue weighted by molar-refractivity contribution is -0.150. The number of hydrogen-bond acceptors (Lipinski definition) is 8. The number of rotatable bonds is 9. The first-order chi connectivity index (χ1) is 22.4. The lowest BCUT2D eigenvalue weighted by Crippen LogP contribution is -2.55. The van der Waals surface area contributed by atoms with Gasteiger partial charge in [-0.3, -0.25) is 19.2 Å². The summed E-state index contributed by atoms with van der Waals surface area (Å²) in [4.78, 5) is 51.0. The predicted octanol–water partition coefficient (Wildman–Crippen LogP) is 4.15. The summed E-state index contributed by atoms with van der Waals surface area (Å²) >= 11 is 0. The summed E-state index contributed by atoms with van der Waals surface area (Å²) in [5.41, 5.74) is -6.89. The molecular weight excluding hydrogens is 666 g/mol. The highest BCUT2D eigenvalue weighted by molar-refractivity contribution is 7.92. The molecule has 2 aromatic carbocycles. The van der Waals surface area contributed by atoms with Crippen LogP contribution in [-0.4, -0.2) is 80.0 Å². The van der Waals surface area contributed by atoms with Crippen molar-refractivity contribution in [1.82, 2.24) is 10.2 Å². The number of piperidine rings is 1. The van der Waals surface area contributed by atoms with Gasteiger partial charge in [-0.25, -0.2) is 12.8 Å². The second-order valence-corrected chi connectivity index (χ2v) is 14.0. The van der Waals surface area contributed by atoms with Crippen molar-refractivity contribution in [3.8, 4) is 11.5 Å². The van der Waals surface area contributed by atoms with Crippen molar-refractivity contribution >= 4 is 39.2 Å². The van der Waals surface area contributed by atoms with Gasteiger partial charge in [0.25, 0.3) is 15.7 Å². The lowest BCUT2D eigenvalue weighted by Gasteiger charge is -2.37. The van der Waals surface area contributed by atoms with Crippen LogP contribution in [0.5, 0.6) is 11.5 Å². The summed E-state index contributed by atoms with van der Waals surface area (Å²) in [5.74, 6) is -5.27. The minimum absolute atomic E-state index is 0.0865. The number of halogens is 4. The molecule has 0 spiro atoms. The molecule has 1 saturated heterocycles. The van der Waals surface area contributed by atoms with Gasteiger partial charge in [0.15, 0.2) is 11.6 Å². The average Bonchev–Trinajstić information content (AvgIpc) is 3.02. The fraction of sp³-hybridized carbons (Fsp3) is 0.484. The van der Waals surface area contributed by atoms with Crippen molar-refractivity contribution in [3.05, 3.63) is 47.8 Å². The van der Waals surface area contributed by atoms with Crippen LogP contribution in [0.25, 0.3) is 0 Å². The molecule has 4 rings (SSSR count). The third kappa shape index (κ3) is 7.82. The monoisotopic (exact) mass is 701 g/mol. The number of alkyl halides is 3. The van der Waals surface area contributed by atoms with Crippen LogP contribution < -0.4 is 20.1 Å². The van der Waals surface area contributed by atoms with Crippen LogP contribution in [0.15, 0.2) is 41.3 Å². The van der Waals surface area contributed by atoms with Crippen molar-refractivity contribution in [1.29, 1.82) is 0 Å². The van der Waals surface area contributed by atoms with Crippen LogP contribution in [0, 0.1) is 17.2 Å². The van der Waals surface area contributed by atoms with Gasteiger partial charge in [0.05, 0.1) is 35.0 Å². The van der Waals surface area contributed by atoms with E-state index in [1.807, 2.05) is 0 Å². The summed E-state index contributed by atoms with van der Waals surface area (Å²) in [6, 6.07) is 4.76. The van der Waals surface area contributed by atoms with Crippen LogP contribution in [0.1, 0.15) is 56.3 Å². The summed E-state index contributed by atoms with van der Waals surface area (Å²) in [5, 5.41) is 14.6. The van der Waals surface area contributed by atoms with E-state index < -0.39 is 67.3 Å². The number of anilines is 1. The topological polar surface area (TPSA) is 168 Å². The van der Waals surface area contributed by atoms with Gasteiger partial charge in [-0.2, -0.15) is 13.2 Å². The van der Waals surface area contributed by atoms with Crippen molar-refractivity contribution < 1.29 is 59.7 Å². The Labute approximate surface area is 273 Å². The van der Waals surface area contributed by atoms with Crippen LogP contribution >= 0.6 is 0 Å². The third-order valence-corrected chi connectivity index (χ3v) is 10.3. The predicted molar refractivity (Wildman–Crippen MR) is 162 cm³/mol. The van der Waals surface area contributed by atoms with Gasteiger partial charge in [0.1, 0.15) is 5.75 Å². The van der Waals surface area contributed by atoms with E-state index in [9.17, 15) is 45.9 Å². The van der Waals surface area contributed by atoms with Crippen LogP contribution in [0.2, 0.25) is 0 Å². The second kappa shape index (κ2) is 14.0. The highest BCUT2D eigenvalue weighted by Gasteiger charge is 2.47. The van der Waals surface area contributed by atoms with Crippen molar-refractivity contribution in [2.45, 2.75) is 68.5 Å². The summed E-state index contributed by atoms with van der Waals surface area (Å²) < 4.78 is 89.1. The number of ether oxygens (including phenoxy) is 2. The molecule has 3 N–H and O–H groups in total. The van der Waals surface area contributed by atoms with E-state index in [1.165, 1.54) is 25.0 Å². The molecule has 2 fully saturated rings. The van der Waals surface area contributed by atoms with Crippen LogP contribution in [-0.2, 0) is 24.2 Å². The normalized spacial score (nSPS) is 23.1. The molecular formula is C31H35F4N3O9S. The number of carbonyl (C=O) groups excluding carboxylic acids is 3. The number of sulfone groups is 1. The van der Waals surface area contributed by atoms with Crippen LogP contribution in [0.4, 0.5) is 23.2 Å². The number of amides is 3. The smallest absolute Gasteiger partial charge is 0.496 e. The average molecular weight is 702 g/mol. The molecule has 1 saturated carbocycles. The molecule has 2 aromatic rings.